The molecule has 20 heavy (non-hydrogen) atoms. The maximum absolute atomic E-state index is 6.10. The van der Waals surface area contributed by atoms with Crippen molar-refractivity contribution in [1.82, 2.24) is 0 Å². The van der Waals surface area contributed by atoms with Crippen molar-refractivity contribution < 1.29 is 9.47 Å². The minimum absolute atomic E-state index is 0.339. The molecule has 2 N–H and O–H groups in total. The van der Waals surface area contributed by atoms with Crippen molar-refractivity contribution in [2.24, 2.45) is 16.6 Å². The lowest BCUT2D eigenvalue weighted by atomic mass is 9.91. The van der Waals surface area contributed by atoms with E-state index in [-0.39, 0.29) is 0 Å². The van der Waals surface area contributed by atoms with Crippen molar-refractivity contribution in [3.05, 3.63) is 24.3 Å². The molecule has 0 aliphatic carbocycles. The minimum Gasteiger partial charge on any atom is -0.497 e. The summed E-state index contributed by atoms with van der Waals surface area (Å²) in [6.07, 6.45) is 2.15. The summed E-state index contributed by atoms with van der Waals surface area (Å²) >= 11 is 0. The van der Waals surface area contributed by atoms with Crippen LogP contribution in [0.15, 0.2) is 29.3 Å². The average molecular weight is 275 g/mol. The summed E-state index contributed by atoms with van der Waals surface area (Å²) in [5, 5.41) is 0. The van der Waals surface area contributed by atoms with E-state index < -0.39 is 0 Å². The number of nitrogens with zero attached hydrogens (tertiary/aromatic N) is 2. The number of guanidine groups is 1. The van der Waals surface area contributed by atoms with Crippen molar-refractivity contribution in [1.29, 1.82) is 0 Å². The summed E-state index contributed by atoms with van der Waals surface area (Å²) in [6, 6.07) is 8.34. The van der Waals surface area contributed by atoms with Gasteiger partial charge >= 0.3 is 0 Å². The van der Waals surface area contributed by atoms with Gasteiger partial charge in [-0.05, 0) is 30.9 Å². The van der Waals surface area contributed by atoms with Crippen LogP contribution in [0, 0.1) is 5.92 Å². The zero-order valence-corrected chi connectivity index (χ0v) is 11.8. The van der Waals surface area contributed by atoms with E-state index in [9.17, 15) is 0 Å². The van der Waals surface area contributed by atoms with Gasteiger partial charge in [0.05, 0.1) is 19.7 Å². The Hall–Kier alpha value is -1.75. The van der Waals surface area contributed by atoms with E-state index in [2.05, 4.69) is 16.0 Å². The van der Waals surface area contributed by atoms with Crippen LogP contribution in [0.25, 0.3) is 0 Å². The van der Waals surface area contributed by atoms with Gasteiger partial charge in [0, 0.05) is 25.0 Å². The number of rotatable bonds is 3. The molecule has 1 atom stereocenters. The molecule has 2 aliphatic rings. The molecule has 0 aromatic heterocycles. The first-order valence-corrected chi connectivity index (χ1v) is 7.10. The van der Waals surface area contributed by atoms with Gasteiger partial charge in [-0.25, -0.2) is 0 Å². The summed E-state index contributed by atoms with van der Waals surface area (Å²) in [6.45, 7) is 2.45. The van der Waals surface area contributed by atoms with E-state index in [1.807, 2.05) is 18.2 Å². The largest absolute Gasteiger partial charge is 0.497 e. The molecule has 1 fully saturated rings. The van der Waals surface area contributed by atoms with Crippen LogP contribution in [0.1, 0.15) is 12.8 Å². The van der Waals surface area contributed by atoms with Crippen LogP contribution >= 0.6 is 0 Å². The van der Waals surface area contributed by atoms with E-state index in [0.717, 1.165) is 44.0 Å². The molecular weight excluding hydrogens is 254 g/mol. The lowest BCUT2D eigenvalue weighted by molar-refractivity contribution is 0.0603. The molecule has 1 saturated heterocycles. The second-order valence-corrected chi connectivity index (χ2v) is 5.29. The molecule has 0 bridgehead atoms. The number of aliphatic imine (C=N–C) groups is 1. The zero-order chi connectivity index (χ0) is 13.9. The molecule has 2 heterocycles. The Morgan fingerprint density at radius 2 is 2.15 bits per heavy atom. The molecule has 0 radical (unpaired) electrons. The molecule has 2 aliphatic heterocycles. The highest BCUT2D eigenvalue weighted by Gasteiger charge is 2.34. The quantitative estimate of drug-likeness (QED) is 0.910. The molecule has 1 unspecified atom stereocenters. The summed E-state index contributed by atoms with van der Waals surface area (Å²) in [4.78, 5) is 6.60. The number of ether oxygens (including phenoxy) is 2. The van der Waals surface area contributed by atoms with Crippen LogP contribution in [0.2, 0.25) is 0 Å². The number of benzene rings is 1. The number of anilines is 1. The van der Waals surface area contributed by atoms with Gasteiger partial charge in [-0.2, -0.15) is 0 Å². The fraction of sp³-hybridized carbons (Fsp3) is 0.533. The van der Waals surface area contributed by atoms with Crippen LogP contribution in [-0.2, 0) is 4.74 Å². The second kappa shape index (κ2) is 5.71. The average Bonchev–Trinajstić information content (AvgIpc) is 2.90. The van der Waals surface area contributed by atoms with Crippen molar-refractivity contribution in [2.45, 2.75) is 18.9 Å². The maximum atomic E-state index is 6.10. The highest BCUT2D eigenvalue weighted by Crippen LogP contribution is 2.31. The molecular formula is C15H21N3O2. The third-order valence-electron chi connectivity index (χ3n) is 4.16. The first-order chi connectivity index (χ1) is 9.79. The van der Waals surface area contributed by atoms with Crippen molar-refractivity contribution in [3.8, 4) is 5.75 Å². The standard InChI is InChI=1S/C15H21N3O2/c1-19-13-4-2-3-12(9-13)18-14(10-17-15(18)16)11-5-7-20-8-6-11/h2-4,9,11,14H,5-8,10H2,1H3,(H2,16,17). The normalized spacial score (nSPS) is 23.8. The van der Waals surface area contributed by atoms with E-state index in [0.29, 0.717) is 17.9 Å². The fourth-order valence-electron chi connectivity index (χ4n) is 3.06. The van der Waals surface area contributed by atoms with Gasteiger partial charge in [0.2, 0.25) is 0 Å². The molecule has 108 valence electrons. The minimum atomic E-state index is 0.339. The molecule has 1 aromatic rings. The lowest BCUT2D eigenvalue weighted by Gasteiger charge is -2.34. The smallest absolute Gasteiger partial charge is 0.196 e. The Kier molecular flexibility index (Phi) is 3.78. The Bertz CT molecular complexity index is 498. The Morgan fingerprint density at radius 3 is 2.90 bits per heavy atom. The summed E-state index contributed by atoms with van der Waals surface area (Å²) in [5.41, 5.74) is 7.16. The topological polar surface area (TPSA) is 60.1 Å². The predicted octanol–water partition coefficient (Wildman–Crippen LogP) is 1.63. The zero-order valence-electron chi connectivity index (χ0n) is 11.8. The number of hydrogen-bond acceptors (Lipinski definition) is 5. The van der Waals surface area contributed by atoms with Crippen molar-refractivity contribution >= 4 is 11.6 Å². The third kappa shape index (κ3) is 2.45. The molecule has 0 amide bonds. The molecule has 0 spiro atoms. The predicted molar refractivity (Wildman–Crippen MR) is 79.3 cm³/mol. The monoisotopic (exact) mass is 275 g/mol. The Labute approximate surface area is 119 Å². The Balaban J connectivity index is 1.85. The van der Waals surface area contributed by atoms with E-state index in [4.69, 9.17) is 15.2 Å². The van der Waals surface area contributed by atoms with Gasteiger partial charge in [-0.1, -0.05) is 6.07 Å². The number of nitrogens with two attached hydrogens (primary N) is 1. The van der Waals surface area contributed by atoms with E-state index in [1.54, 1.807) is 7.11 Å². The maximum Gasteiger partial charge on any atom is 0.196 e. The first kappa shape index (κ1) is 13.2. The second-order valence-electron chi connectivity index (χ2n) is 5.29. The van der Waals surface area contributed by atoms with Gasteiger partial charge < -0.3 is 20.1 Å². The van der Waals surface area contributed by atoms with Crippen LogP contribution in [-0.4, -0.2) is 38.9 Å². The molecule has 0 saturated carbocycles. The van der Waals surface area contributed by atoms with Gasteiger partial charge in [-0.15, -0.1) is 0 Å². The molecule has 5 heteroatoms. The van der Waals surface area contributed by atoms with Gasteiger partial charge in [0.15, 0.2) is 5.96 Å². The highest BCUT2D eigenvalue weighted by molar-refractivity contribution is 5.97. The fourth-order valence-corrected chi connectivity index (χ4v) is 3.06. The SMILES string of the molecule is COc1cccc(N2C(N)=NCC2C2CCOCC2)c1. The van der Waals surface area contributed by atoms with Gasteiger partial charge in [-0.3, -0.25) is 4.99 Å². The number of hydrogen-bond donors (Lipinski definition) is 1. The lowest BCUT2D eigenvalue weighted by Crippen LogP contribution is -2.46. The molecule has 3 rings (SSSR count). The third-order valence-corrected chi connectivity index (χ3v) is 4.16. The molecule has 1 aromatic carbocycles. The molecule has 5 nitrogen and oxygen atoms in total. The van der Waals surface area contributed by atoms with Crippen LogP contribution in [0.3, 0.4) is 0 Å². The van der Waals surface area contributed by atoms with Gasteiger partial charge in [0.25, 0.3) is 0 Å². The summed E-state index contributed by atoms with van der Waals surface area (Å²) in [5.74, 6) is 2.03. The van der Waals surface area contributed by atoms with E-state index in [1.165, 1.54) is 0 Å². The van der Waals surface area contributed by atoms with Crippen LogP contribution < -0.4 is 15.4 Å². The van der Waals surface area contributed by atoms with E-state index >= 15 is 0 Å². The summed E-state index contributed by atoms with van der Waals surface area (Å²) in [7, 11) is 1.68. The van der Waals surface area contributed by atoms with Crippen molar-refractivity contribution in [2.75, 3.05) is 31.8 Å². The summed E-state index contributed by atoms with van der Waals surface area (Å²) < 4.78 is 10.8. The number of methoxy groups -OCH3 is 1. The van der Waals surface area contributed by atoms with Crippen LogP contribution in [0.5, 0.6) is 5.75 Å². The van der Waals surface area contributed by atoms with Crippen molar-refractivity contribution in [3.63, 3.8) is 0 Å². The first-order valence-electron chi connectivity index (χ1n) is 7.10. The Morgan fingerprint density at radius 1 is 1.35 bits per heavy atom. The van der Waals surface area contributed by atoms with Crippen LogP contribution in [0.4, 0.5) is 5.69 Å². The highest BCUT2D eigenvalue weighted by atomic mass is 16.5. The van der Waals surface area contributed by atoms with Gasteiger partial charge in [0.1, 0.15) is 5.75 Å².